The zero-order chi connectivity index (χ0) is 20.9. The Morgan fingerprint density at radius 3 is 1.18 bits per heavy atom. The fourth-order valence-electron chi connectivity index (χ4n) is 7.66. The molecular weight excluding hydrogens is 344 g/mol. The first kappa shape index (κ1) is 22.3. The first-order valence-electron chi connectivity index (χ1n) is 12.3. The quantitative estimate of drug-likeness (QED) is 0.632. The van der Waals surface area contributed by atoms with Crippen LogP contribution in [0.2, 0.25) is 0 Å². The highest BCUT2D eigenvalue weighted by Crippen LogP contribution is 2.56. The SMILES string of the molecule is CC(C)C1CC2C(=O)C3CC(C(C)C)C(C(C)C)CC3C(O)C2CC1C(C)C. The van der Waals surface area contributed by atoms with Crippen molar-refractivity contribution in [3.8, 4) is 0 Å². The monoisotopic (exact) mass is 390 g/mol. The minimum absolute atomic E-state index is 0.113. The van der Waals surface area contributed by atoms with Crippen LogP contribution in [0.4, 0.5) is 0 Å². The van der Waals surface area contributed by atoms with Crippen LogP contribution in [-0.2, 0) is 4.79 Å². The van der Waals surface area contributed by atoms with Gasteiger partial charge in [-0.1, -0.05) is 55.4 Å². The lowest BCUT2D eigenvalue weighted by atomic mass is 9.49. The van der Waals surface area contributed by atoms with Gasteiger partial charge in [-0.2, -0.15) is 0 Å². The second-order valence-electron chi connectivity index (χ2n) is 12.0. The number of carbonyl (C=O) groups is 1. The molecule has 0 saturated heterocycles. The molecular formula is C26H46O2. The van der Waals surface area contributed by atoms with Crippen molar-refractivity contribution < 1.29 is 9.90 Å². The lowest BCUT2D eigenvalue weighted by Gasteiger charge is -2.55. The summed E-state index contributed by atoms with van der Waals surface area (Å²) in [5.74, 6) is 6.23. The molecule has 3 aliphatic rings. The van der Waals surface area contributed by atoms with E-state index in [1.165, 1.54) is 0 Å². The summed E-state index contributed by atoms with van der Waals surface area (Å²) in [6.07, 6.45) is 3.88. The highest BCUT2D eigenvalue weighted by atomic mass is 16.3. The van der Waals surface area contributed by atoms with Crippen LogP contribution in [0.3, 0.4) is 0 Å². The third-order valence-electron chi connectivity index (χ3n) is 9.31. The molecule has 0 spiro atoms. The van der Waals surface area contributed by atoms with E-state index in [1.54, 1.807) is 0 Å². The maximum atomic E-state index is 13.7. The lowest BCUT2D eigenvalue weighted by molar-refractivity contribution is -0.162. The normalized spacial score (nSPS) is 44.3. The summed E-state index contributed by atoms with van der Waals surface area (Å²) in [7, 11) is 0. The van der Waals surface area contributed by atoms with E-state index >= 15 is 0 Å². The average molecular weight is 391 g/mol. The van der Waals surface area contributed by atoms with Crippen LogP contribution >= 0.6 is 0 Å². The van der Waals surface area contributed by atoms with Gasteiger partial charge in [0, 0.05) is 11.8 Å². The van der Waals surface area contributed by atoms with Gasteiger partial charge in [-0.25, -0.2) is 0 Å². The summed E-state index contributed by atoms with van der Waals surface area (Å²) >= 11 is 0. The molecule has 0 amide bonds. The number of fused-ring (bicyclic) bond motifs is 2. The van der Waals surface area contributed by atoms with E-state index in [9.17, 15) is 9.90 Å². The number of ketones is 1. The Morgan fingerprint density at radius 2 is 0.893 bits per heavy atom. The number of carbonyl (C=O) groups excluding carboxylic acids is 1. The van der Waals surface area contributed by atoms with Crippen molar-refractivity contribution in [3.05, 3.63) is 0 Å². The van der Waals surface area contributed by atoms with Gasteiger partial charge < -0.3 is 5.11 Å². The minimum atomic E-state index is -0.267. The third-order valence-corrected chi connectivity index (χ3v) is 9.31. The molecule has 2 nitrogen and oxygen atoms in total. The molecule has 0 bridgehead atoms. The van der Waals surface area contributed by atoms with Crippen molar-refractivity contribution in [1.82, 2.24) is 0 Å². The molecule has 3 saturated carbocycles. The fraction of sp³-hybridized carbons (Fsp3) is 0.962. The number of aliphatic hydroxyl groups excluding tert-OH is 1. The Balaban J connectivity index is 1.89. The van der Waals surface area contributed by atoms with Crippen molar-refractivity contribution in [2.45, 2.75) is 87.2 Å². The average Bonchev–Trinajstić information content (AvgIpc) is 2.63. The predicted molar refractivity (Wildman–Crippen MR) is 117 cm³/mol. The molecule has 2 heteroatoms. The molecule has 0 aromatic rings. The van der Waals surface area contributed by atoms with E-state index in [2.05, 4.69) is 55.4 Å². The largest absolute Gasteiger partial charge is 0.393 e. The van der Waals surface area contributed by atoms with Crippen LogP contribution in [0.25, 0.3) is 0 Å². The van der Waals surface area contributed by atoms with Gasteiger partial charge in [0.25, 0.3) is 0 Å². The third kappa shape index (κ3) is 3.84. The van der Waals surface area contributed by atoms with Gasteiger partial charge in [0.1, 0.15) is 5.78 Å². The van der Waals surface area contributed by atoms with Gasteiger partial charge in [0.15, 0.2) is 0 Å². The summed E-state index contributed by atoms with van der Waals surface area (Å²) < 4.78 is 0. The smallest absolute Gasteiger partial charge is 0.139 e. The predicted octanol–water partition coefficient (Wildman–Crippen LogP) is 6.07. The van der Waals surface area contributed by atoms with E-state index < -0.39 is 0 Å². The number of rotatable bonds is 4. The maximum Gasteiger partial charge on any atom is 0.139 e. The van der Waals surface area contributed by atoms with Crippen LogP contribution < -0.4 is 0 Å². The number of Topliss-reactive ketones (excluding diaryl/α,β-unsaturated/α-hetero) is 1. The molecule has 3 rings (SSSR count). The Morgan fingerprint density at radius 1 is 0.607 bits per heavy atom. The van der Waals surface area contributed by atoms with E-state index in [0.29, 0.717) is 53.1 Å². The van der Waals surface area contributed by atoms with Crippen LogP contribution in [0.5, 0.6) is 0 Å². The second-order valence-corrected chi connectivity index (χ2v) is 12.0. The second kappa shape index (κ2) is 8.40. The van der Waals surface area contributed by atoms with Gasteiger partial charge in [-0.15, -0.1) is 0 Å². The van der Waals surface area contributed by atoms with Crippen molar-refractivity contribution in [2.24, 2.45) is 71.0 Å². The molecule has 8 atom stereocenters. The summed E-state index contributed by atoms with van der Waals surface area (Å²) in [5.41, 5.74) is 0. The molecule has 0 heterocycles. The molecule has 1 N–H and O–H groups in total. The molecule has 162 valence electrons. The van der Waals surface area contributed by atoms with E-state index in [0.717, 1.165) is 25.7 Å². The Kier molecular flexibility index (Phi) is 6.70. The van der Waals surface area contributed by atoms with Crippen molar-refractivity contribution in [2.75, 3.05) is 0 Å². The van der Waals surface area contributed by atoms with Gasteiger partial charge >= 0.3 is 0 Å². The highest BCUT2D eigenvalue weighted by Gasteiger charge is 2.56. The molecule has 8 unspecified atom stereocenters. The lowest BCUT2D eigenvalue weighted by Crippen LogP contribution is -2.57. The molecule has 3 fully saturated rings. The molecule has 0 aromatic heterocycles. The van der Waals surface area contributed by atoms with Crippen LogP contribution in [0.1, 0.15) is 81.1 Å². The minimum Gasteiger partial charge on any atom is -0.393 e. The first-order valence-corrected chi connectivity index (χ1v) is 12.3. The Labute approximate surface area is 174 Å². The summed E-state index contributed by atoms with van der Waals surface area (Å²) in [4.78, 5) is 13.7. The number of aliphatic hydroxyl groups is 1. The zero-order valence-corrected chi connectivity index (χ0v) is 19.7. The van der Waals surface area contributed by atoms with E-state index in [1.807, 2.05) is 0 Å². The van der Waals surface area contributed by atoms with Gasteiger partial charge in [-0.3, -0.25) is 4.79 Å². The maximum absolute atomic E-state index is 13.7. The fourth-order valence-corrected chi connectivity index (χ4v) is 7.66. The van der Waals surface area contributed by atoms with Gasteiger partial charge in [0.05, 0.1) is 6.10 Å². The van der Waals surface area contributed by atoms with Crippen LogP contribution in [-0.4, -0.2) is 17.0 Å². The summed E-state index contributed by atoms with van der Waals surface area (Å²) in [6.45, 7) is 18.7. The topological polar surface area (TPSA) is 37.3 Å². The Hall–Kier alpha value is -0.370. The standard InChI is InChI=1S/C26H46O2/c1-13(2)17-9-21-22(10-18(17)14(3)4)26(28)24-12-20(16(7)8)19(15(5)6)11-23(24)25(21)27/h13-25,27H,9-12H2,1-8H3. The molecule has 3 aliphatic carbocycles. The Bertz CT molecular complexity index is 503. The molecule has 0 aliphatic heterocycles. The van der Waals surface area contributed by atoms with Crippen molar-refractivity contribution >= 4 is 5.78 Å². The van der Waals surface area contributed by atoms with E-state index in [4.69, 9.17) is 0 Å². The van der Waals surface area contributed by atoms with Crippen molar-refractivity contribution in [3.63, 3.8) is 0 Å². The number of hydrogen-bond donors (Lipinski definition) is 1. The zero-order valence-electron chi connectivity index (χ0n) is 19.7. The van der Waals surface area contributed by atoms with Gasteiger partial charge in [-0.05, 0) is 84.9 Å². The summed E-state index contributed by atoms with van der Waals surface area (Å²) in [5, 5.41) is 11.5. The highest BCUT2D eigenvalue weighted by molar-refractivity contribution is 5.85. The molecule has 0 radical (unpaired) electrons. The van der Waals surface area contributed by atoms with Gasteiger partial charge in [0.2, 0.25) is 0 Å². The number of hydrogen-bond acceptors (Lipinski definition) is 2. The molecule has 0 aromatic carbocycles. The van der Waals surface area contributed by atoms with Crippen LogP contribution in [0.15, 0.2) is 0 Å². The van der Waals surface area contributed by atoms with E-state index in [-0.39, 0.29) is 29.8 Å². The summed E-state index contributed by atoms with van der Waals surface area (Å²) in [6, 6.07) is 0. The molecule has 28 heavy (non-hydrogen) atoms. The first-order chi connectivity index (χ1) is 13.0. The van der Waals surface area contributed by atoms with Crippen molar-refractivity contribution in [1.29, 1.82) is 0 Å². The van der Waals surface area contributed by atoms with Crippen LogP contribution in [0, 0.1) is 71.0 Å².